The van der Waals surface area contributed by atoms with E-state index < -0.39 is 6.10 Å². The monoisotopic (exact) mass is 327 g/mol. The van der Waals surface area contributed by atoms with Gasteiger partial charge in [-0.15, -0.1) is 0 Å². The molecule has 1 aliphatic rings. The van der Waals surface area contributed by atoms with Crippen molar-refractivity contribution in [1.29, 1.82) is 5.26 Å². The van der Waals surface area contributed by atoms with Crippen molar-refractivity contribution < 1.29 is 5.11 Å². The fraction of sp³-hybridized carbons (Fsp3) is 0.353. The summed E-state index contributed by atoms with van der Waals surface area (Å²) in [6.07, 6.45) is 0.174. The van der Waals surface area contributed by atoms with Crippen molar-refractivity contribution in [1.82, 2.24) is 10.2 Å². The van der Waals surface area contributed by atoms with Gasteiger partial charge in [-0.25, -0.2) is 5.10 Å². The Labute approximate surface area is 138 Å². The Morgan fingerprint density at radius 1 is 1.39 bits per heavy atom. The van der Waals surface area contributed by atoms with Crippen LogP contribution in [0.5, 0.6) is 0 Å². The molecule has 118 valence electrons. The Hall–Kier alpha value is -2.10. The Kier molecular flexibility index (Phi) is 4.00. The molecule has 2 aromatic rings. The van der Waals surface area contributed by atoms with Crippen LogP contribution in [0.1, 0.15) is 35.8 Å². The average molecular weight is 327 g/mol. The lowest BCUT2D eigenvalue weighted by Crippen LogP contribution is -2.39. The number of H-pyrrole nitrogens is 1. The second-order valence-corrected chi connectivity index (χ2v) is 7.60. The SMILES string of the molecule is CC1(C)Cc2ccc(C#N)cc2C(Sc2ccc(=O)[nH]n2)C1O. The van der Waals surface area contributed by atoms with Gasteiger partial charge in [-0.2, -0.15) is 10.4 Å². The van der Waals surface area contributed by atoms with Crippen LogP contribution in [0.3, 0.4) is 0 Å². The van der Waals surface area contributed by atoms with Crippen LogP contribution in [-0.2, 0) is 6.42 Å². The molecule has 6 heteroatoms. The molecule has 23 heavy (non-hydrogen) atoms. The molecule has 3 rings (SSSR count). The minimum atomic E-state index is -0.581. The molecule has 2 N–H and O–H groups in total. The second-order valence-electron chi connectivity index (χ2n) is 6.43. The van der Waals surface area contributed by atoms with E-state index in [1.165, 1.54) is 17.8 Å². The zero-order chi connectivity index (χ0) is 16.6. The second kappa shape index (κ2) is 5.84. The summed E-state index contributed by atoms with van der Waals surface area (Å²) < 4.78 is 0. The highest BCUT2D eigenvalue weighted by atomic mass is 32.2. The number of benzene rings is 1. The number of aliphatic hydroxyl groups excluding tert-OH is 1. The van der Waals surface area contributed by atoms with Crippen molar-refractivity contribution in [3.05, 3.63) is 57.4 Å². The number of thioether (sulfide) groups is 1. The molecule has 0 radical (unpaired) electrons. The molecule has 2 atom stereocenters. The first kappa shape index (κ1) is 15.8. The van der Waals surface area contributed by atoms with E-state index in [9.17, 15) is 9.90 Å². The first-order valence-electron chi connectivity index (χ1n) is 7.34. The minimum Gasteiger partial charge on any atom is -0.391 e. The molecule has 2 unspecified atom stereocenters. The van der Waals surface area contributed by atoms with Gasteiger partial charge in [0.2, 0.25) is 0 Å². The molecule has 0 bridgehead atoms. The number of aromatic nitrogens is 2. The summed E-state index contributed by atoms with van der Waals surface area (Å²) in [6.45, 7) is 4.07. The van der Waals surface area contributed by atoms with Crippen LogP contribution in [0.4, 0.5) is 0 Å². The summed E-state index contributed by atoms with van der Waals surface area (Å²) in [7, 11) is 0. The highest BCUT2D eigenvalue weighted by Gasteiger charge is 2.41. The molecular formula is C17H17N3O2S. The topological polar surface area (TPSA) is 89.8 Å². The fourth-order valence-corrected chi connectivity index (χ4v) is 4.27. The normalized spacial score (nSPS) is 22.2. The number of aliphatic hydroxyl groups is 1. The van der Waals surface area contributed by atoms with Gasteiger partial charge < -0.3 is 5.11 Å². The van der Waals surface area contributed by atoms with Crippen LogP contribution in [-0.4, -0.2) is 21.4 Å². The molecule has 0 spiro atoms. The Morgan fingerprint density at radius 2 is 2.17 bits per heavy atom. The van der Waals surface area contributed by atoms with Crippen LogP contribution in [0.2, 0.25) is 0 Å². The standard InChI is InChI=1S/C17H17N3O2S/c1-17(2)8-11-4-3-10(9-18)7-12(11)15(16(17)22)23-14-6-5-13(21)19-20-14/h3-7,15-16,22H,8H2,1-2H3,(H,19,21). The fourth-order valence-electron chi connectivity index (χ4n) is 2.92. The van der Waals surface area contributed by atoms with E-state index in [1.54, 1.807) is 6.07 Å². The number of nitrogens with zero attached hydrogens (tertiary/aromatic N) is 2. The van der Waals surface area contributed by atoms with Crippen LogP contribution in [0, 0.1) is 16.7 Å². The van der Waals surface area contributed by atoms with E-state index in [0.29, 0.717) is 10.6 Å². The molecule has 0 amide bonds. The summed E-state index contributed by atoms with van der Waals surface area (Å²) in [6, 6.07) is 10.8. The Bertz CT molecular complexity index is 818. The van der Waals surface area contributed by atoms with Crippen molar-refractivity contribution >= 4 is 11.8 Å². The van der Waals surface area contributed by atoms with Gasteiger partial charge in [0.25, 0.3) is 5.56 Å². The van der Waals surface area contributed by atoms with Crippen molar-refractivity contribution in [3.8, 4) is 6.07 Å². The van der Waals surface area contributed by atoms with Gasteiger partial charge in [0, 0.05) is 6.07 Å². The quantitative estimate of drug-likeness (QED) is 0.884. The van der Waals surface area contributed by atoms with E-state index >= 15 is 0 Å². The van der Waals surface area contributed by atoms with Crippen LogP contribution in [0.25, 0.3) is 0 Å². The number of aromatic amines is 1. The first-order chi connectivity index (χ1) is 10.9. The van der Waals surface area contributed by atoms with Crippen LogP contribution >= 0.6 is 11.8 Å². The summed E-state index contributed by atoms with van der Waals surface area (Å²) in [5, 5.41) is 26.8. The van der Waals surface area contributed by atoms with Crippen molar-refractivity contribution in [3.63, 3.8) is 0 Å². The minimum absolute atomic E-state index is 0.236. The van der Waals surface area contributed by atoms with Gasteiger partial charge in [0.15, 0.2) is 0 Å². The lowest BCUT2D eigenvalue weighted by atomic mass is 9.71. The summed E-state index contributed by atoms with van der Waals surface area (Å²) in [5.41, 5.74) is 2.15. The Morgan fingerprint density at radius 3 is 2.83 bits per heavy atom. The maximum Gasteiger partial charge on any atom is 0.264 e. The van der Waals surface area contributed by atoms with Gasteiger partial charge in [0.05, 0.1) is 23.0 Å². The zero-order valence-electron chi connectivity index (χ0n) is 12.9. The van der Waals surface area contributed by atoms with E-state index in [0.717, 1.165) is 17.5 Å². The zero-order valence-corrected chi connectivity index (χ0v) is 13.7. The maximum absolute atomic E-state index is 11.2. The van der Waals surface area contributed by atoms with Gasteiger partial charge in [-0.05, 0) is 41.2 Å². The number of fused-ring (bicyclic) bond motifs is 1. The summed E-state index contributed by atoms with van der Waals surface area (Å²) >= 11 is 1.40. The van der Waals surface area contributed by atoms with Crippen molar-refractivity contribution in [2.75, 3.05) is 0 Å². The number of nitrogens with one attached hydrogen (secondary N) is 1. The lowest BCUT2D eigenvalue weighted by Gasteiger charge is -2.41. The van der Waals surface area contributed by atoms with E-state index in [4.69, 9.17) is 5.26 Å². The van der Waals surface area contributed by atoms with E-state index in [2.05, 4.69) is 16.3 Å². The molecular weight excluding hydrogens is 310 g/mol. The number of hydrogen-bond donors (Lipinski definition) is 2. The third-order valence-corrected chi connectivity index (χ3v) is 5.45. The predicted octanol–water partition coefficient (Wildman–Crippen LogP) is 2.42. The Balaban J connectivity index is 2.04. The summed E-state index contributed by atoms with van der Waals surface area (Å²) in [5.74, 6) is 0. The van der Waals surface area contributed by atoms with Gasteiger partial charge in [-0.3, -0.25) is 4.79 Å². The van der Waals surface area contributed by atoms with Crippen LogP contribution < -0.4 is 5.56 Å². The third-order valence-electron chi connectivity index (χ3n) is 4.22. The molecule has 1 aromatic carbocycles. The van der Waals surface area contributed by atoms with Gasteiger partial charge in [0.1, 0.15) is 5.03 Å². The van der Waals surface area contributed by atoms with Crippen molar-refractivity contribution in [2.24, 2.45) is 5.41 Å². The molecule has 0 fully saturated rings. The molecule has 0 saturated heterocycles. The average Bonchev–Trinajstić information content (AvgIpc) is 2.53. The maximum atomic E-state index is 11.2. The molecule has 0 saturated carbocycles. The third kappa shape index (κ3) is 3.03. The molecule has 1 aliphatic carbocycles. The predicted molar refractivity (Wildman–Crippen MR) is 88.1 cm³/mol. The first-order valence-corrected chi connectivity index (χ1v) is 8.22. The highest BCUT2D eigenvalue weighted by molar-refractivity contribution is 7.99. The highest BCUT2D eigenvalue weighted by Crippen LogP contribution is 2.49. The molecule has 0 aliphatic heterocycles. The van der Waals surface area contributed by atoms with Crippen LogP contribution in [0.15, 0.2) is 40.2 Å². The summed E-state index contributed by atoms with van der Waals surface area (Å²) in [4.78, 5) is 11.2. The lowest BCUT2D eigenvalue weighted by molar-refractivity contribution is 0.0399. The van der Waals surface area contributed by atoms with E-state index in [-0.39, 0.29) is 16.2 Å². The van der Waals surface area contributed by atoms with Gasteiger partial charge >= 0.3 is 0 Å². The molecule has 5 nitrogen and oxygen atoms in total. The number of rotatable bonds is 2. The molecule has 1 heterocycles. The largest absolute Gasteiger partial charge is 0.391 e. The molecule has 1 aromatic heterocycles. The van der Waals surface area contributed by atoms with Crippen molar-refractivity contribution in [2.45, 2.75) is 36.6 Å². The number of hydrogen-bond acceptors (Lipinski definition) is 5. The number of nitriles is 1. The van der Waals surface area contributed by atoms with Gasteiger partial charge in [-0.1, -0.05) is 31.7 Å². The van der Waals surface area contributed by atoms with E-state index in [1.807, 2.05) is 32.0 Å². The smallest absolute Gasteiger partial charge is 0.264 e.